The van der Waals surface area contributed by atoms with Crippen LogP contribution in [0.1, 0.15) is 25.0 Å². The van der Waals surface area contributed by atoms with Gasteiger partial charge < -0.3 is 8.98 Å². The van der Waals surface area contributed by atoms with Crippen LogP contribution in [-0.4, -0.2) is 14.5 Å². The molecule has 0 amide bonds. The molecule has 0 saturated heterocycles. The second-order valence-electron chi connectivity index (χ2n) is 14.2. The highest BCUT2D eigenvalue weighted by molar-refractivity contribution is 6.16. The maximum absolute atomic E-state index is 6.70. The number of furan rings is 1. The van der Waals surface area contributed by atoms with E-state index in [2.05, 4.69) is 152 Å². The van der Waals surface area contributed by atoms with Crippen LogP contribution in [0.5, 0.6) is 0 Å². The predicted molar refractivity (Wildman–Crippen MR) is 210 cm³/mol. The van der Waals surface area contributed by atoms with Crippen molar-refractivity contribution in [1.82, 2.24) is 14.5 Å². The average molecular weight is 654 g/mol. The topological polar surface area (TPSA) is 43.9 Å². The minimum Gasteiger partial charge on any atom is -0.455 e. The molecule has 4 nitrogen and oxygen atoms in total. The Kier molecular flexibility index (Phi) is 5.70. The Labute approximate surface area is 294 Å². The van der Waals surface area contributed by atoms with Gasteiger partial charge in [-0.25, -0.2) is 9.97 Å². The van der Waals surface area contributed by atoms with E-state index in [1.54, 1.807) is 0 Å². The monoisotopic (exact) mass is 653 g/mol. The molecular weight excluding hydrogens is 623 g/mol. The molecule has 7 aromatic carbocycles. The first-order valence-electron chi connectivity index (χ1n) is 17.5. The van der Waals surface area contributed by atoms with Crippen molar-refractivity contribution in [1.29, 1.82) is 0 Å². The zero-order chi connectivity index (χ0) is 33.8. The van der Waals surface area contributed by atoms with Crippen LogP contribution in [0.2, 0.25) is 0 Å². The number of nitrogens with zero attached hydrogens (tertiary/aromatic N) is 3. The number of aromatic nitrogens is 3. The van der Waals surface area contributed by atoms with Crippen LogP contribution in [0.15, 0.2) is 156 Å². The normalized spacial score (nSPS) is 13.5. The SMILES string of the molecule is CC1(C)c2ccccc2-c2c1ccc1c3ccccc3n(-c3ccc4oc5c(-c6nc(-c7ccccc7)c7ccccc7n6)cccc5c4c3)c21. The van der Waals surface area contributed by atoms with Crippen LogP contribution >= 0.6 is 0 Å². The van der Waals surface area contributed by atoms with Gasteiger partial charge in [0, 0.05) is 49.2 Å². The van der Waals surface area contributed by atoms with Crippen molar-refractivity contribution in [2.45, 2.75) is 19.3 Å². The molecule has 3 aromatic heterocycles. The number of hydrogen-bond acceptors (Lipinski definition) is 3. The van der Waals surface area contributed by atoms with Crippen LogP contribution < -0.4 is 0 Å². The fraction of sp³-hybridized carbons (Fsp3) is 0.0638. The number of fused-ring (bicyclic) bond motifs is 11. The molecule has 10 aromatic rings. The molecule has 0 unspecified atom stereocenters. The fourth-order valence-electron chi connectivity index (χ4n) is 8.63. The second-order valence-corrected chi connectivity index (χ2v) is 14.2. The summed E-state index contributed by atoms with van der Waals surface area (Å²) in [5, 5.41) is 5.64. The van der Waals surface area contributed by atoms with E-state index in [1.165, 1.54) is 44.1 Å². The van der Waals surface area contributed by atoms with Crippen molar-refractivity contribution in [3.05, 3.63) is 163 Å². The zero-order valence-electron chi connectivity index (χ0n) is 28.2. The van der Waals surface area contributed by atoms with Gasteiger partial charge in [0.1, 0.15) is 11.2 Å². The standard InChI is InChI=1S/C47H31N3O/c1-47(2)37-20-9-6-16-33(37)42-38(47)25-24-31-30-15-8-11-22-40(30)50(44(31)42)29-23-26-41-36(27-29)32-18-12-19-35(45(32)51-41)46-48-39-21-10-7-17-34(39)43(49-46)28-13-4-3-5-14-28/h3-27H,1-2H3. The van der Waals surface area contributed by atoms with Crippen LogP contribution in [-0.2, 0) is 5.41 Å². The summed E-state index contributed by atoms with van der Waals surface area (Å²) in [5.74, 6) is 0.650. The van der Waals surface area contributed by atoms with Gasteiger partial charge in [-0.2, -0.15) is 0 Å². The predicted octanol–water partition coefficient (Wildman–Crippen LogP) is 12.3. The quantitative estimate of drug-likeness (QED) is 0.191. The third-order valence-electron chi connectivity index (χ3n) is 11.0. The number of benzene rings is 7. The summed E-state index contributed by atoms with van der Waals surface area (Å²) in [7, 11) is 0. The summed E-state index contributed by atoms with van der Waals surface area (Å²) >= 11 is 0. The fourth-order valence-corrected chi connectivity index (χ4v) is 8.63. The van der Waals surface area contributed by atoms with Crippen molar-refractivity contribution in [2.75, 3.05) is 0 Å². The molecule has 1 aliphatic carbocycles. The Morgan fingerprint density at radius 2 is 1.29 bits per heavy atom. The minimum absolute atomic E-state index is 0.0896. The Balaban J connectivity index is 1.16. The van der Waals surface area contributed by atoms with Crippen LogP contribution in [0.3, 0.4) is 0 Å². The lowest BCUT2D eigenvalue weighted by Gasteiger charge is -2.21. The van der Waals surface area contributed by atoms with E-state index in [0.717, 1.165) is 55.3 Å². The Bertz CT molecular complexity index is 3060. The van der Waals surface area contributed by atoms with E-state index >= 15 is 0 Å². The molecule has 240 valence electrons. The molecule has 51 heavy (non-hydrogen) atoms. The molecule has 0 bridgehead atoms. The molecule has 0 spiro atoms. The van der Waals surface area contributed by atoms with E-state index in [0.29, 0.717) is 5.82 Å². The molecule has 1 aliphatic rings. The van der Waals surface area contributed by atoms with E-state index in [1.807, 2.05) is 18.2 Å². The lowest BCUT2D eigenvalue weighted by Crippen LogP contribution is -2.14. The molecule has 4 heteroatoms. The Morgan fingerprint density at radius 3 is 2.20 bits per heavy atom. The van der Waals surface area contributed by atoms with Gasteiger partial charge in [-0.15, -0.1) is 0 Å². The smallest absolute Gasteiger partial charge is 0.164 e. The molecule has 11 rings (SSSR count). The molecule has 0 N–H and O–H groups in total. The van der Waals surface area contributed by atoms with E-state index in [-0.39, 0.29) is 5.41 Å². The average Bonchev–Trinajstić information content (AvgIpc) is 3.80. The Morgan fingerprint density at radius 1 is 0.549 bits per heavy atom. The number of para-hydroxylation sites is 3. The first kappa shape index (κ1) is 28.3. The van der Waals surface area contributed by atoms with E-state index < -0.39 is 0 Å². The second kappa shape index (κ2) is 10.3. The van der Waals surface area contributed by atoms with Gasteiger partial charge in [0.2, 0.25) is 0 Å². The third kappa shape index (κ3) is 3.90. The number of hydrogen-bond donors (Lipinski definition) is 0. The summed E-state index contributed by atoms with van der Waals surface area (Å²) < 4.78 is 9.16. The van der Waals surface area contributed by atoms with Gasteiger partial charge in [0.05, 0.1) is 27.8 Å². The highest BCUT2D eigenvalue weighted by Gasteiger charge is 2.37. The summed E-state index contributed by atoms with van der Waals surface area (Å²) in [6.45, 7) is 4.69. The lowest BCUT2D eigenvalue weighted by atomic mass is 9.82. The molecular formula is C47H31N3O. The largest absolute Gasteiger partial charge is 0.455 e. The highest BCUT2D eigenvalue weighted by atomic mass is 16.3. The molecule has 0 fully saturated rings. The van der Waals surface area contributed by atoms with Gasteiger partial charge in [0.25, 0.3) is 0 Å². The van der Waals surface area contributed by atoms with Crippen molar-refractivity contribution < 1.29 is 4.42 Å². The summed E-state index contributed by atoms with van der Waals surface area (Å²) in [5.41, 5.74) is 14.2. The first-order chi connectivity index (χ1) is 25.1. The number of rotatable bonds is 3. The third-order valence-corrected chi connectivity index (χ3v) is 11.0. The molecule has 3 heterocycles. The summed E-state index contributed by atoms with van der Waals surface area (Å²) in [4.78, 5) is 10.2. The van der Waals surface area contributed by atoms with Crippen LogP contribution in [0.4, 0.5) is 0 Å². The van der Waals surface area contributed by atoms with E-state index in [4.69, 9.17) is 14.4 Å². The maximum atomic E-state index is 6.70. The van der Waals surface area contributed by atoms with Gasteiger partial charge in [-0.3, -0.25) is 0 Å². The maximum Gasteiger partial charge on any atom is 0.164 e. The van der Waals surface area contributed by atoms with Gasteiger partial charge >= 0.3 is 0 Å². The first-order valence-corrected chi connectivity index (χ1v) is 17.5. The molecule has 0 radical (unpaired) electrons. The van der Waals surface area contributed by atoms with Crippen molar-refractivity contribution in [2.24, 2.45) is 0 Å². The molecule has 0 saturated carbocycles. The van der Waals surface area contributed by atoms with Gasteiger partial charge in [-0.1, -0.05) is 129 Å². The highest BCUT2D eigenvalue weighted by Crippen LogP contribution is 2.53. The minimum atomic E-state index is -0.0896. The van der Waals surface area contributed by atoms with Crippen LogP contribution in [0, 0.1) is 0 Å². The van der Waals surface area contributed by atoms with Crippen LogP contribution in [0.25, 0.3) is 94.1 Å². The van der Waals surface area contributed by atoms with Gasteiger partial charge in [0.15, 0.2) is 5.82 Å². The molecule has 0 atom stereocenters. The van der Waals surface area contributed by atoms with Crippen molar-refractivity contribution in [3.8, 4) is 39.5 Å². The summed E-state index contributed by atoms with van der Waals surface area (Å²) in [6.07, 6.45) is 0. The van der Waals surface area contributed by atoms with E-state index in [9.17, 15) is 0 Å². The van der Waals surface area contributed by atoms with Crippen molar-refractivity contribution in [3.63, 3.8) is 0 Å². The van der Waals surface area contributed by atoms with Crippen molar-refractivity contribution >= 4 is 54.6 Å². The zero-order valence-corrected chi connectivity index (χ0v) is 28.2. The lowest BCUT2D eigenvalue weighted by molar-refractivity contribution is 0.661. The summed E-state index contributed by atoms with van der Waals surface area (Å²) in [6, 6.07) is 53.8. The molecule has 0 aliphatic heterocycles. The van der Waals surface area contributed by atoms with Gasteiger partial charge in [-0.05, 0) is 53.1 Å². The Hall–Kier alpha value is -6.52.